The fourth-order valence-electron chi connectivity index (χ4n) is 1.38. The van der Waals surface area contributed by atoms with Gasteiger partial charge < -0.3 is 10.2 Å². The third-order valence-corrected chi connectivity index (χ3v) is 2.42. The van der Waals surface area contributed by atoms with Crippen LogP contribution in [0.25, 0.3) is 0 Å². The molecule has 6 nitrogen and oxygen atoms in total. The Kier molecular flexibility index (Phi) is 3.19. The first kappa shape index (κ1) is 11.3. The van der Waals surface area contributed by atoms with Crippen LogP contribution in [0.1, 0.15) is 18.5 Å². The smallest absolute Gasteiger partial charge is 0.239 e. The van der Waals surface area contributed by atoms with Crippen LogP contribution in [-0.2, 0) is 4.79 Å². The second-order valence-corrected chi connectivity index (χ2v) is 4.05. The largest absolute Gasteiger partial charge is 0.352 e. The van der Waals surface area contributed by atoms with Gasteiger partial charge in [-0.25, -0.2) is 9.97 Å². The molecule has 1 aromatic heterocycles. The minimum absolute atomic E-state index is 0.0408. The van der Waals surface area contributed by atoms with Crippen molar-refractivity contribution in [2.45, 2.75) is 18.9 Å². The van der Waals surface area contributed by atoms with E-state index < -0.39 is 0 Å². The molecule has 6 heteroatoms. The van der Waals surface area contributed by atoms with Gasteiger partial charge in [-0.15, -0.1) is 0 Å². The maximum atomic E-state index is 11.6. The minimum Gasteiger partial charge on any atom is -0.352 e. The first-order valence-corrected chi connectivity index (χ1v) is 5.42. The van der Waals surface area contributed by atoms with Crippen molar-refractivity contribution < 1.29 is 4.79 Å². The number of amides is 1. The lowest BCUT2D eigenvalue weighted by Gasteiger charge is -2.16. The van der Waals surface area contributed by atoms with Crippen molar-refractivity contribution in [3.05, 3.63) is 18.0 Å². The summed E-state index contributed by atoms with van der Waals surface area (Å²) in [5.41, 5.74) is 0.296. The van der Waals surface area contributed by atoms with E-state index in [1.807, 2.05) is 6.07 Å². The molecule has 1 aliphatic carbocycles. The summed E-state index contributed by atoms with van der Waals surface area (Å²) in [5, 5.41) is 11.6. The van der Waals surface area contributed by atoms with E-state index >= 15 is 0 Å². The van der Waals surface area contributed by atoms with Crippen LogP contribution >= 0.6 is 0 Å². The summed E-state index contributed by atoms with van der Waals surface area (Å²) in [7, 11) is 1.73. The molecule has 0 aromatic carbocycles. The molecule has 1 fully saturated rings. The van der Waals surface area contributed by atoms with Gasteiger partial charge in [0.2, 0.25) is 11.9 Å². The van der Waals surface area contributed by atoms with Crippen LogP contribution in [0.3, 0.4) is 0 Å². The number of nitrogens with one attached hydrogen (secondary N) is 1. The Morgan fingerprint density at radius 3 is 3.12 bits per heavy atom. The van der Waals surface area contributed by atoms with E-state index in [0.717, 1.165) is 12.8 Å². The van der Waals surface area contributed by atoms with Crippen LogP contribution in [0.15, 0.2) is 12.3 Å². The summed E-state index contributed by atoms with van der Waals surface area (Å²) < 4.78 is 0. The van der Waals surface area contributed by atoms with Gasteiger partial charge in [0.25, 0.3) is 0 Å². The van der Waals surface area contributed by atoms with Crippen molar-refractivity contribution in [3.8, 4) is 6.07 Å². The highest BCUT2D eigenvalue weighted by atomic mass is 16.2. The molecule has 0 bridgehead atoms. The summed E-state index contributed by atoms with van der Waals surface area (Å²) in [6.07, 6.45) is 3.64. The van der Waals surface area contributed by atoms with Crippen molar-refractivity contribution in [2.24, 2.45) is 0 Å². The molecule has 88 valence electrons. The van der Waals surface area contributed by atoms with Gasteiger partial charge in [0, 0.05) is 19.3 Å². The highest BCUT2D eigenvalue weighted by Crippen LogP contribution is 2.18. The summed E-state index contributed by atoms with van der Waals surface area (Å²) >= 11 is 0. The van der Waals surface area contributed by atoms with Gasteiger partial charge in [0.1, 0.15) is 11.8 Å². The van der Waals surface area contributed by atoms with Gasteiger partial charge in [0.15, 0.2) is 0 Å². The Morgan fingerprint density at radius 2 is 2.47 bits per heavy atom. The standard InChI is InChI=1S/C11H13N5O/c1-16(7-10(17)14-8-2-3-8)11-13-5-4-9(6-12)15-11/h4-5,8H,2-3,7H2,1H3,(H,14,17). The van der Waals surface area contributed by atoms with Crippen molar-refractivity contribution >= 4 is 11.9 Å². The van der Waals surface area contributed by atoms with E-state index in [0.29, 0.717) is 17.7 Å². The maximum absolute atomic E-state index is 11.6. The molecule has 1 aromatic rings. The fraction of sp³-hybridized carbons (Fsp3) is 0.455. The second kappa shape index (κ2) is 4.78. The fourth-order valence-corrected chi connectivity index (χ4v) is 1.38. The molecule has 0 aliphatic heterocycles. The lowest BCUT2D eigenvalue weighted by atomic mass is 10.4. The highest BCUT2D eigenvalue weighted by Gasteiger charge is 2.23. The average Bonchev–Trinajstić information content (AvgIpc) is 3.12. The lowest BCUT2D eigenvalue weighted by Crippen LogP contribution is -2.36. The number of nitrogens with zero attached hydrogens (tertiary/aromatic N) is 4. The molecular weight excluding hydrogens is 218 g/mol. The van der Waals surface area contributed by atoms with Crippen molar-refractivity contribution in [3.63, 3.8) is 0 Å². The SMILES string of the molecule is CN(CC(=O)NC1CC1)c1nccc(C#N)n1. The predicted molar refractivity (Wildman–Crippen MR) is 61.2 cm³/mol. The third-order valence-electron chi connectivity index (χ3n) is 2.42. The summed E-state index contributed by atoms with van der Waals surface area (Å²) in [6.45, 7) is 0.200. The number of anilines is 1. The maximum Gasteiger partial charge on any atom is 0.239 e. The van der Waals surface area contributed by atoms with Gasteiger partial charge in [-0.05, 0) is 18.9 Å². The summed E-state index contributed by atoms with van der Waals surface area (Å²) in [4.78, 5) is 21.2. The van der Waals surface area contributed by atoms with Gasteiger partial charge >= 0.3 is 0 Å². The van der Waals surface area contributed by atoms with Crippen LogP contribution in [-0.4, -0.2) is 35.5 Å². The van der Waals surface area contributed by atoms with Crippen LogP contribution in [0.5, 0.6) is 0 Å². The van der Waals surface area contributed by atoms with Gasteiger partial charge in [0.05, 0.1) is 6.54 Å². The number of hydrogen-bond acceptors (Lipinski definition) is 5. The monoisotopic (exact) mass is 231 g/mol. The Balaban J connectivity index is 1.95. The zero-order valence-corrected chi connectivity index (χ0v) is 9.55. The van der Waals surface area contributed by atoms with Crippen LogP contribution < -0.4 is 10.2 Å². The molecule has 17 heavy (non-hydrogen) atoms. The number of likely N-dealkylation sites (N-methyl/N-ethyl adjacent to an activating group) is 1. The molecule has 1 amide bonds. The summed E-state index contributed by atoms with van der Waals surface area (Å²) in [6, 6.07) is 3.82. The number of aromatic nitrogens is 2. The van der Waals surface area contributed by atoms with E-state index in [2.05, 4.69) is 15.3 Å². The second-order valence-electron chi connectivity index (χ2n) is 4.05. The molecule has 1 heterocycles. The molecule has 0 saturated heterocycles. The molecule has 1 N–H and O–H groups in total. The van der Waals surface area contributed by atoms with E-state index in [-0.39, 0.29) is 12.5 Å². The number of carbonyl (C=O) groups excluding carboxylic acids is 1. The zero-order valence-electron chi connectivity index (χ0n) is 9.55. The molecule has 2 rings (SSSR count). The zero-order chi connectivity index (χ0) is 12.3. The van der Waals surface area contributed by atoms with Crippen LogP contribution in [0.4, 0.5) is 5.95 Å². The Hall–Kier alpha value is -2.16. The van der Waals surface area contributed by atoms with Gasteiger partial charge in [-0.1, -0.05) is 0 Å². The molecule has 0 spiro atoms. The molecule has 0 unspecified atom stereocenters. The molecular formula is C11H13N5O. The molecule has 1 aliphatic rings. The Bertz CT molecular complexity index is 463. The number of hydrogen-bond donors (Lipinski definition) is 1. The Morgan fingerprint density at radius 1 is 1.71 bits per heavy atom. The van der Waals surface area contributed by atoms with Crippen LogP contribution in [0.2, 0.25) is 0 Å². The molecule has 0 atom stereocenters. The van der Waals surface area contributed by atoms with Crippen LogP contribution in [0, 0.1) is 11.3 Å². The number of nitriles is 1. The topological polar surface area (TPSA) is 81.9 Å². The predicted octanol–water partition coefficient (Wildman–Crippen LogP) is 0.0631. The number of carbonyl (C=O) groups is 1. The van der Waals surface area contributed by atoms with E-state index in [9.17, 15) is 4.79 Å². The van der Waals surface area contributed by atoms with E-state index in [4.69, 9.17) is 5.26 Å². The first-order chi connectivity index (χ1) is 8.19. The van der Waals surface area contributed by atoms with E-state index in [1.54, 1.807) is 11.9 Å². The van der Waals surface area contributed by atoms with Gasteiger partial charge in [-0.3, -0.25) is 4.79 Å². The van der Waals surface area contributed by atoms with Crippen molar-refractivity contribution in [1.82, 2.24) is 15.3 Å². The summed E-state index contributed by atoms with van der Waals surface area (Å²) in [5.74, 6) is 0.343. The lowest BCUT2D eigenvalue weighted by molar-refractivity contribution is -0.119. The Labute approximate surface area is 99.3 Å². The quantitative estimate of drug-likeness (QED) is 0.792. The average molecular weight is 231 g/mol. The molecule has 1 saturated carbocycles. The van der Waals surface area contributed by atoms with E-state index in [1.165, 1.54) is 12.3 Å². The van der Waals surface area contributed by atoms with Gasteiger partial charge in [-0.2, -0.15) is 5.26 Å². The number of rotatable bonds is 4. The van der Waals surface area contributed by atoms with Crippen molar-refractivity contribution in [2.75, 3.05) is 18.5 Å². The first-order valence-electron chi connectivity index (χ1n) is 5.42. The minimum atomic E-state index is -0.0408. The highest BCUT2D eigenvalue weighted by molar-refractivity contribution is 5.81. The third kappa shape index (κ3) is 3.14. The molecule has 0 radical (unpaired) electrons. The van der Waals surface area contributed by atoms with Crippen molar-refractivity contribution in [1.29, 1.82) is 5.26 Å². The normalized spacial score (nSPS) is 13.9.